The average Bonchev–Trinajstić information content (AvgIpc) is 2.86. The number of halogens is 4. The normalized spacial score (nSPS) is 11.1. The summed E-state index contributed by atoms with van der Waals surface area (Å²) in [6.07, 6.45) is 0. The Bertz CT molecular complexity index is 947. The molecule has 0 spiro atoms. The fourth-order valence-electron chi connectivity index (χ4n) is 3.11. The van der Waals surface area contributed by atoms with Crippen molar-refractivity contribution in [1.29, 1.82) is 0 Å². The molecule has 0 aromatic heterocycles. The predicted molar refractivity (Wildman–Crippen MR) is 138 cm³/mol. The van der Waals surface area contributed by atoms with Crippen LogP contribution in [0.2, 0.25) is 0 Å². The molecule has 0 saturated heterocycles. The molecule has 10 heteroatoms. The van der Waals surface area contributed by atoms with Gasteiger partial charge in [-0.3, -0.25) is 0 Å². The van der Waals surface area contributed by atoms with Crippen LogP contribution in [0, 0.1) is 0 Å². The van der Waals surface area contributed by atoms with Gasteiger partial charge in [0.1, 0.15) is 0 Å². The molecule has 36 heavy (non-hydrogen) atoms. The second-order valence-electron chi connectivity index (χ2n) is 7.10. The van der Waals surface area contributed by atoms with E-state index in [1.54, 1.807) is 0 Å². The summed E-state index contributed by atoms with van der Waals surface area (Å²) in [6.45, 7) is 7.60. The number of para-hydroxylation sites is 2. The van der Waals surface area contributed by atoms with E-state index in [9.17, 15) is 17.3 Å². The SMILES string of the molecule is CCOCCOc1ccccc1[Se+](c1ccccc1)c1ccccc1OCCOCC.F[B-](F)(F)F. The second kappa shape index (κ2) is 16.3. The van der Waals surface area contributed by atoms with Crippen molar-refractivity contribution in [2.75, 3.05) is 39.6 Å². The summed E-state index contributed by atoms with van der Waals surface area (Å²) < 4.78 is 66.0. The molecule has 0 fully saturated rings. The summed E-state index contributed by atoms with van der Waals surface area (Å²) in [5.74, 6) is 1.83. The molecule has 0 aliphatic heterocycles. The Labute approximate surface area is 214 Å². The van der Waals surface area contributed by atoms with Gasteiger partial charge in [0.05, 0.1) is 0 Å². The average molecular weight is 573 g/mol. The summed E-state index contributed by atoms with van der Waals surface area (Å²) >= 11 is -1.66. The fraction of sp³-hybridized carbons (Fsp3) is 0.308. The van der Waals surface area contributed by atoms with E-state index in [4.69, 9.17) is 18.9 Å². The summed E-state index contributed by atoms with van der Waals surface area (Å²) in [6, 6.07) is 27.4. The van der Waals surface area contributed by atoms with E-state index in [1.807, 2.05) is 26.0 Å². The molecule has 0 unspecified atom stereocenters. The van der Waals surface area contributed by atoms with Gasteiger partial charge in [0.15, 0.2) is 0 Å². The van der Waals surface area contributed by atoms with E-state index >= 15 is 0 Å². The van der Waals surface area contributed by atoms with E-state index < -0.39 is 21.2 Å². The smallest absolute Gasteiger partial charge is 0.418 e. The Kier molecular flexibility index (Phi) is 13.4. The molecule has 0 bridgehead atoms. The predicted octanol–water partition coefficient (Wildman–Crippen LogP) is 4.33. The first kappa shape index (κ1) is 29.7. The van der Waals surface area contributed by atoms with Gasteiger partial charge in [-0.25, -0.2) is 0 Å². The topological polar surface area (TPSA) is 36.9 Å². The molecule has 3 aromatic carbocycles. The third kappa shape index (κ3) is 11.0. The zero-order valence-electron chi connectivity index (χ0n) is 20.4. The van der Waals surface area contributed by atoms with Crippen LogP contribution in [-0.4, -0.2) is 60.8 Å². The maximum absolute atomic E-state index is 9.75. The molecular formula is C26H31BF4O4Se. The van der Waals surface area contributed by atoms with Crippen molar-refractivity contribution in [3.8, 4) is 11.5 Å². The first-order valence-electron chi connectivity index (χ1n) is 11.6. The summed E-state index contributed by atoms with van der Waals surface area (Å²) in [4.78, 5) is 0. The van der Waals surface area contributed by atoms with Gasteiger partial charge >= 0.3 is 197 Å². The summed E-state index contributed by atoms with van der Waals surface area (Å²) in [5.41, 5.74) is 0. The Morgan fingerprint density at radius 1 is 0.583 bits per heavy atom. The van der Waals surface area contributed by atoms with Crippen molar-refractivity contribution in [2.24, 2.45) is 0 Å². The molecule has 3 aromatic rings. The fourth-order valence-corrected chi connectivity index (χ4v) is 7.86. The van der Waals surface area contributed by atoms with Crippen molar-refractivity contribution >= 4 is 34.5 Å². The quantitative estimate of drug-likeness (QED) is 0.173. The molecule has 0 N–H and O–H groups in total. The molecule has 0 radical (unpaired) electrons. The van der Waals surface area contributed by atoms with Gasteiger partial charge in [-0.2, -0.15) is 0 Å². The molecule has 0 aliphatic carbocycles. The van der Waals surface area contributed by atoms with E-state index in [0.29, 0.717) is 39.6 Å². The van der Waals surface area contributed by atoms with Gasteiger partial charge in [0, 0.05) is 0 Å². The third-order valence-corrected chi connectivity index (χ3v) is 9.32. The van der Waals surface area contributed by atoms with Gasteiger partial charge < -0.3 is 17.3 Å². The Morgan fingerprint density at radius 2 is 0.972 bits per heavy atom. The van der Waals surface area contributed by atoms with Crippen molar-refractivity contribution in [3.05, 3.63) is 78.9 Å². The zero-order valence-corrected chi connectivity index (χ0v) is 22.1. The minimum Gasteiger partial charge on any atom is -0.418 e. The number of hydrogen-bond acceptors (Lipinski definition) is 4. The van der Waals surface area contributed by atoms with Crippen LogP contribution in [0.3, 0.4) is 0 Å². The van der Waals surface area contributed by atoms with Crippen LogP contribution in [0.25, 0.3) is 0 Å². The minimum atomic E-state index is -6.00. The molecule has 0 saturated carbocycles. The van der Waals surface area contributed by atoms with Crippen LogP contribution in [0.4, 0.5) is 17.3 Å². The van der Waals surface area contributed by atoms with Gasteiger partial charge in [-0.05, 0) is 0 Å². The van der Waals surface area contributed by atoms with Gasteiger partial charge in [0.25, 0.3) is 0 Å². The van der Waals surface area contributed by atoms with E-state index in [0.717, 1.165) is 11.5 Å². The summed E-state index contributed by atoms with van der Waals surface area (Å²) in [7, 11) is -6.00. The van der Waals surface area contributed by atoms with Gasteiger partial charge in [-0.1, -0.05) is 0 Å². The Balaban J connectivity index is 0.000000830. The monoisotopic (exact) mass is 574 g/mol. The Morgan fingerprint density at radius 3 is 1.39 bits per heavy atom. The standard InChI is InChI=1S/C26H31O4Se.BF4/c1-3-27-18-20-29-23-14-8-10-16-25(23)31(22-12-6-5-7-13-22)26-17-11-9-15-24(26)30-21-19-28-4-2;2-1(3,4)5/h5-17H,3-4,18-21H2,1-2H3;/q+1;-1. The maximum atomic E-state index is 9.75. The van der Waals surface area contributed by atoms with Gasteiger partial charge in [-0.15, -0.1) is 0 Å². The molecule has 0 atom stereocenters. The van der Waals surface area contributed by atoms with E-state index in [1.165, 1.54) is 13.4 Å². The van der Waals surface area contributed by atoms with Crippen molar-refractivity contribution < 1.29 is 36.2 Å². The van der Waals surface area contributed by atoms with Crippen LogP contribution in [0.1, 0.15) is 13.8 Å². The molecule has 196 valence electrons. The third-order valence-electron chi connectivity index (χ3n) is 4.50. The van der Waals surface area contributed by atoms with Crippen molar-refractivity contribution in [1.82, 2.24) is 0 Å². The number of rotatable bonds is 13. The molecule has 0 heterocycles. The van der Waals surface area contributed by atoms with E-state index in [2.05, 4.69) is 66.7 Å². The zero-order chi connectivity index (χ0) is 26.2. The van der Waals surface area contributed by atoms with Crippen LogP contribution in [0.5, 0.6) is 11.5 Å². The number of benzene rings is 3. The first-order valence-corrected chi connectivity index (χ1v) is 14.2. The molecule has 0 aliphatic rings. The molecule has 0 amide bonds. The maximum Gasteiger partial charge on any atom is 0.673 e. The minimum absolute atomic E-state index is 0.533. The molecular weight excluding hydrogens is 542 g/mol. The van der Waals surface area contributed by atoms with E-state index in [-0.39, 0.29) is 0 Å². The van der Waals surface area contributed by atoms with Crippen molar-refractivity contribution in [2.45, 2.75) is 13.8 Å². The van der Waals surface area contributed by atoms with Gasteiger partial charge in [0.2, 0.25) is 0 Å². The molecule has 4 nitrogen and oxygen atoms in total. The number of ether oxygens (including phenoxy) is 4. The van der Waals surface area contributed by atoms with Crippen LogP contribution < -0.4 is 22.9 Å². The Hall–Kier alpha value is -2.52. The largest absolute Gasteiger partial charge is 0.673 e. The van der Waals surface area contributed by atoms with Crippen LogP contribution >= 0.6 is 0 Å². The van der Waals surface area contributed by atoms with Crippen molar-refractivity contribution in [3.63, 3.8) is 0 Å². The second-order valence-corrected chi connectivity index (χ2v) is 11.2. The number of hydrogen-bond donors (Lipinski definition) is 0. The van der Waals surface area contributed by atoms with Crippen LogP contribution in [0.15, 0.2) is 78.9 Å². The first-order chi connectivity index (χ1) is 17.3. The summed E-state index contributed by atoms with van der Waals surface area (Å²) in [5, 5.41) is 0. The van der Waals surface area contributed by atoms with Crippen LogP contribution in [-0.2, 0) is 9.47 Å². The molecule has 3 rings (SSSR count).